The minimum Gasteiger partial charge on any atom is -0.492 e. The van der Waals surface area contributed by atoms with Crippen LogP contribution in [0.15, 0.2) is 66.1 Å². The number of rotatable bonds is 3. The molecule has 1 fully saturated rings. The molecule has 208 valence electrons. The summed E-state index contributed by atoms with van der Waals surface area (Å²) in [5.41, 5.74) is 0.733. The van der Waals surface area contributed by atoms with Crippen molar-refractivity contribution in [3.05, 3.63) is 72.6 Å². The fourth-order valence-corrected chi connectivity index (χ4v) is 6.64. The van der Waals surface area contributed by atoms with Crippen LogP contribution >= 0.6 is 0 Å². The maximum absolute atomic E-state index is 14.5. The molecule has 1 unspecified atom stereocenters. The van der Waals surface area contributed by atoms with Gasteiger partial charge >= 0.3 is 0 Å². The van der Waals surface area contributed by atoms with E-state index in [1.165, 1.54) is 30.6 Å². The van der Waals surface area contributed by atoms with Crippen molar-refractivity contribution in [2.24, 2.45) is 5.41 Å². The third-order valence-corrected chi connectivity index (χ3v) is 8.70. The van der Waals surface area contributed by atoms with Crippen LogP contribution in [0, 0.1) is 11.2 Å². The standard InChI is InChI=1S/C27H31FN4O6S/c28-22-4-2-1-3-21(22)19-5-6-26-25(7-19)38-16-27(8-23(34)24(35)9-27)15-32(13-18-10-29-17-30-11-18)14-20(33)12-31-39(26,36)37/h1-7,10-11,17,20,23-24,31,33-35H,8-9,12-16H2/t20-,23-,24+,27?/m0/s1. The number of fused-ring (bicyclic) bond motifs is 1. The van der Waals surface area contributed by atoms with Gasteiger partial charge in [0.25, 0.3) is 0 Å². The lowest BCUT2D eigenvalue weighted by Crippen LogP contribution is -2.46. The molecule has 5 rings (SSSR count). The number of nitrogens with zero attached hydrogens (tertiary/aromatic N) is 3. The van der Waals surface area contributed by atoms with Gasteiger partial charge in [0.1, 0.15) is 22.8 Å². The monoisotopic (exact) mass is 558 g/mol. The van der Waals surface area contributed by atoms with Crippen LogP contribution in [0.1, 0.15) is 18.4 Å². The van der Waals surface area contributed by atoms with Gasteiger partial charge in [-0.1, -0.05) is 24.3 Å². The summed E-state index contributed by atoms with van der Waals surface area (Å²) in [6.45, 7) is 0.526. The Bertz CT molecular complexity index is 1400. The van der Waals surface area contributed by atoms with Gasteiger partial charge in [0.05, 0.1) is 24.9 Å². The smallest absolute Gasteiger partial charge is 0.244 e. The molecule has 2 aliphatic rings. The fraction of sp³-hybridized carbons (Fsp3) is 0.407. The Kier molecular flexibility index (Phi) is 7.94. The van der Waals surface area contributed by atoms with E-state index in [1.807, 2.05) is 4.90 Å². The van der Waals surface area contributed by atoms with Crippen molar-refractivity contribution in [1.82, 2.24) is 19.6 Å². The van der Waals surface area contributed by atoms with Crippen molar-refractivity contribution < 1.29 is 32.9 Å². The second-order valence-corrected chi connectivity index (χ2v) is 12.1. The summed E-state index contributed by atoms with van der Waals surface area (Å²) in [4.78, 5) is 9.86. The van der Waals surface area contributed by atoms with Crippen LogP contribution in [0.2, 0.25) is 0 Å². The van der Waals surface area contributed by atoms with E-state index >= 15 is 0 Å². The molecule has 39 heavy (non-hydrogen) atoms. The van der Waals surface area contributed by atoms with E-state index in [2.05, 4.69) is 14.7 Å². The predicted molar refractivity (Wildman–Crippen MR) is 140 cm³/mol. The minimum absolute atomic E-state index is 0.0107. The number of ether oxygens (including phenoxy) is 1. The molecule has 2 aromatic carbocycles. The fourth-order valence-electron chi connectivity index (χ4n) is 5.45. The zero-order valence-electron chi connectivity index (χ0n) is 21.1. The van der Waals surface area contributed by atoms with Gasteiger partial charge in [-0.15, -0.1) is 0 Å². The number of nitrogens with one attached hydrogen (secondary N) is 1. The van der Waals surface area contributed by atoms with E-state index in [1.54, 1.807) is 30.6 Å². The first-order valence-electron chi connectivity index (χ1n) is 12.7. The van der Waals surface area contributed by atoms with Crippen molar-refractivity contribution in [2.45, 2.75) is 42.6 Å². The maximum Gasteiger partial charge on any atom is 0.244 e. The summed E-state index contributed by atoms with van der Waals surface area (Å²) in [5, 5.41) is 31.8. The third-order valence-electron chi connectivity index (χ3n) is 7.24. The van der Waals surface area contributed by atoms with Gasteiger partial charge in [-0.3, -0.25) is 4.90 Å². The number of aromatic nitrogens is 2. The van der Waals surface area contributed by atoms with Crippen LogP contribution < -0.4 is 9.46 Å². The van der Waals surface area contributed by atoms with E-state index in [9.17, 15) is 28.1 Å². The van der Waals surface area contributed by atoms with Gasteiger partial charge in [0, 0.05) is 55.1 Å². The van der Waals surface area contributed by atoms with Crippen LogP contribution in [0.4, 0.5) is 4.39 Å². The van der Waals surface area contributed by atoms with Crippen LogP contribution in [0.3, 0.4) is 0 Å². The minimum atomic E-state index is -4.11. The number of benzene rings is 2. The Balaban J connectivity index is 1.54. The van der Waals surface area contributed by atoms with E-state index in [4.69, 9.17) is 4.74 Å². The zero-order valence-corrected chi connectivity index (χ0v) is 22.0. The summed E-state index contributed by atoms with van der Waals surface area (Å²) in [6.07, 6.45) is 2.11. The average Bonchev–Trinajstić information content (AvgIpc) is 3.19. The third kappa shape index (κ3) is 6.26. The van der Waals surface area contributed by atoms with Gasteiger partial charge in [-0.05, 0) is 36.6 Å². The molecule has 0 bridgehead atoms. The van der Waals surface area contributed by atoms with Crippen molar-refractivity contribution in [3.63, 3.8) is 0 Å². The van der Waals surface area contributed by atoms with Gasteiger partial charge in [0.2, 0.25) is 10.0 Å². The molecule has 0 saturated heterocycles. The molecule has 3 aromatic rings. The molecule has 12 heteroatoms. The number of hydrogen-bond donors (Lipinski definition) is 4. The normalized spacial score (nSPS) is 27.7. The molecule has 0 radical (unpaired) electrons. The SMILES string of the molecule is O=S1(=O)NC[C@H](O)CN(Cc2cncnc2)CC2(COc3cc(-c4ccccc4F)ccc31)C[C@@H](O)[C@@H](O)C2. The largest absolute Gasteiger partial charge is 0.492 e. The first-order valence-corrected chi connectivity index (χ1v) is 14.1. The lowest BCUT2D eigenvalue weighted by molar-refractivity contribution is 0.0426. The molecule has 4 N–H and O–H groups in total. The second-order valence-electron chi connectivity index (χ2n) is 10.4. The number of β-amino-alcohol motifs (C(OH)–C–C–N with tert-alkyl or cyclic N) is 1. The highest BCUT2D eigenvalue weighted by atomic mass is 32.2. The van der Waals surface area contributed by atoms with E-state index in [-0.39, 0.29) is 48.7 Å². The molecule has 1 saturated carbocycles. The van der Waals surface area contributed by atoms with E-state index in [0.717, 1.165) is 5.56 Å². The summed E-state index contributed by atoms with van der Waals surface area (Å²) < 4.78 is 49.7. The van der Waals surface area contributed by atoms with Crippen LogP contribution in [0.5, 0.6) is 5.75 Å². The lowest BCUT2D eigenvalue weighted by atomic mass is 9.85. The van der Waals surface area contributed by atoms with Crippen molar-refractivity contribution in [1.29, 1.82) is 0 Å². The highest BCUT2D eigenvalue weighted by Gasteiger charge is 2.46. The Morgan fingerprint density at radius 3 is 2.51 bits per heavy atom. The van der Waals surface area contributed by atoms with Crippen molar-refractivity contribution >= 4 is 10.0 Å². The molecule has 1 aliphatic heterocycles. The maximum atomic E-state index is 14.5. The molecule has 1 aliphatic carbocycles. The molecular formula is C27H31FN4O6S. The first kappa shape index (κ1) is 27.6. The predicted octanol–water partition coefficient (Wildman–Crippen LogP) is 1.32. The lowest BCUT2D eigenvalue weighted by Gasteiger charge is -2.36. The number of aliphatic hydroxyl groups is 3. The highest BCUT2D eigenvalue weighted by molar-refractivity contribution is 7.89. The number of hydrogen-bond acceptors (Lipinski definition) is 9. The first-order chi connectivity index (χ1) is 18.6. The molecule has 1 spiro atoms. The van der Waals surface area contributed by atoms with Gasteiger partial charge in [-0.2, -0.15) is 0 Å². The average molecular weight is 559 g/mol. The molecular weight excluding hydrogens is 527 g/mol. The molecule has 10 nitrogen and oxygen atoms in total. The highest BCUT2D eigenvalue weighted by Crippen LogP contribution is 2.41. The quantitative estimate of drug-likeness (QED) is 0.374. The summed E-state index contributed by atoms with van der Waals surface area (Å²) in [5.74, 6) is -0.453. The Morgan fingerprint density at radius 2 is 1.79 bits per heavy atom. The van der Waals surface area contributed by atoms with E-state index in [0.29, 0.717) is 18.7 Å². The molecule has 1 aromatic heterocycles. The van der Waals surface area contributed by atoms with Crippen LogP contribution in [-0.4, -0.2) is 83.2 Å². The molecule has 0 amide bonds. The Hall–Kier alpha value is -3.00. The summed E-state index contributed by atoms with van der Waals surface area (Å²) in [7, 11) is -4.11. The summed E-state index contributed by atoms with van der Waals surface area (Å²) >= 11 is 0. The molecule has 2 heterocycles. The number of halogens is 1. The Morgan fingerprint density at radius 1 is 1.08 bits per heavy atom. The topological polar surface area (TPSA) is 145 Å². The van der Waals surface area contributed by atoms with E-state index < -0.39 is 39.6 Å². The van der Waals surface area contributed by atoms with Gasteiger partial charge in [-0.25, -0.2) is 27.5 Å². The van der Waals surface area contributed by atoms with Gasteiger partial charge in [0.15, 0.2) is 0 Å². The van der Waals surface area contributed by atoms with Crippen LogP contribution in [-0.2, 0) is 16.6 Å². The summed E-state index contributed by atoms with van der Waals surface area (Å²) in [6, 6.07) is 10.5. The van der Waals surface area contributed by atoms with Gasteiger partial charge < -0.3 is 20.1 Å². The van der Waals surface area contributed by atoms with Crippen molar-refractivity contribution in [2.75, 3.05) is 26.2 Å². The zero-order chi connectivity index (χ0) is 27.6. The second kappa shape index (κ2) is 11.2. The van der Waals surface area contributed by atoms with Crippen LogP contribution in [0.25, 0.3) is 11.1 Å². The number of aliphatic hydroxyl groups excluding tert-OH is 3. The number of sulfonamides is 1. The Labute approximate surface area is 226 Å². The van der Waals surface area contributed by atoms with Crippen molar-refractivity contribution in [3.8, 4) is 16.9 Å². The molecule has 4 atom stereocenters.